The Morgan fingerprint density at radius 2 is 1.74 bits per heavy atom. The number of hydrogen-bond acceptors (Lipinski definition) is 3. The number of nitrogens with one attached hydrogen (secondary N) is 2. The van der Waals surface area contributed by atoms with E-state index < -0.39 is 5.92 Å². The van der Waals surface area contributed by atoms with E-state index in [0.29, 0.717) is 11.4 Å². The first-order valence-corrected chi connectivity index (χ1v) is 8.80. The average Bonchev–Trinajstić information content (AvgIpc) is 3.05. The van der Waals surface area contributed by atoms with Gasteiger partial charge in [-0.3, -0.25) is 9.59 Å². The van der Waals surface area contributed by atoms with Crippen LogP contribution in [-0.4, -0.2) is 11.8 Å². The van der Waals surface area contributed by atoms with Crippen LogP contribution in [0.25, 0.3) is 21.9 Å². The Hall–Kier alpha value is -3.60. The van der Waals surface area contributed by atoms with Crippen molar-refractivity contribution in [1.29, 1.82) is 0 Å². The molecule has 0 radical (unpaired) electrons. The minimum absolute atomic E-state index is 0.135. The molecule has 2 heterocycles. The van der Waals surface area contributed by atoms with Crippen LogP contribution in [0, 0.1) is 0 Å². The molecule has 2 amide bonds. The van der Waals surface area contributed by atoms with Crippen molar-refractivity contribution in [3.05, 3.63) is 72.3 Å². The van der Waals surface area contributed by atoms with Crippen LogP contribution >= 0.6 is 0 Å². The number of para-hydroxylation sites is 2. The van der Waals surface area contributed by atoms with E-state index in [-0.39, 0.29) is 18.2 Å². The van der Waals surface area contributed by atoms with Gasteiger partial charge in [0, 0.05) is 34.6 Å². The number of hydrogen-bond donors (Lipinski definition) is 2. The largest absolute Gasteiger partial charge is 0.456 e. The number of carbonyl (C=O) groups is 2. The molecule has 1 aliphatic rings. The molecule has 4 aromatic rings. The van der Waals surface area contributed by atoms with Crippen molar-refractivity contribution in [1.82, 2.24) is 0 Å². The second-order valence-corrected chi connectivity index (χ2v) is 6.69. The predicted molar refractivity (Wildman–Crippen MR) is 105 cm³/mol. The summed E-state index contributed by atoms with van der Waals surface area (Å²) in [4.78, 5) is 24.8. The molecule has 0 aliphatic carbocycles. The minimum atomic E-state index is -0.513. The van der Waals surface area contributed by atoms with Crippen molar-refractivity contribution >= 4 is 45.1 Å². The fraction of sp³-hybridized carbons (Fsp3) is 0.0909. The highest BCUT2D eigenvalue weighted by Crippen LogP contribution is 2.34. The first kappa shape index (κ1) is 15.6. The summed E-state index contributed by atoms with van der Waals surface area (Å²) in [6, 6.07) is 20.9. The van der Waals surface area contributed by atoms with Gasteiger partial charge in [-0.2, -0.15) is 0 Å². The second kappa shape index (κ2) is 5.99. The van der Waals surface area contributed by atoms with Crippen LogP contribution in [-0.2, 0) is 9.59 Å². The van der Waals surface area contributed by atoms with Gasteiger partial charge in [-0.05, 0) is 29.8 Å². The molecule has 27 heavy (non-hydrogen) atoms. The third-order valence-electron chi connectivity index (χ3n) is 4.96. The predicted octanol–water partition coefficient (Wildman–Crippen LogP) is 4.65. The molecule has 0 saturated carbocycles. The summed E-state index contributed by atoms with van der Waals surface area (Å²) in [6.07, 6.45) is 0.135. The van der Waals surface area contributed by atoms with Crippen LogP contribution in [0.2, 0.25) is 0 Å². The van der Waals surface area contributed by atoms with Gasteiger partial charge in [0.1, 0.15) is 11.2 Å². The van der Waals surface area contributed by atoms with Gasteiger partial charge in [-0.25, -0.2) is 0 Å². The highest BCUT2D eigenvalue weighted by atomic mass is 16.3. The third kappa shape index (κ3) is 2.64. The molecule has 5 nitrogen and oxygen atoms in total. The van der Waals surface area contributed by atoms with E-state index in [2.05, 4.69) is 10.6 Å². The van der Waals surface area contributed by atoms with Crippen LogP contribution in [0.3, 0.4) is 0 Å². The molecule has 1 aliphatic heterocycles. The summed E-state index contributed by atoms with van der Waals surface area (Å²) in [5, 5.41) is 7.79. The highest BCUT2D eigenvalue weighted by Gasteiger charge is 2.30. The van der Waals surface area contributed by atoms with Crippen LogP contribution in [0.15, 0.2) is 71.1 Å². The van der Waals surface area contributed by atoms with Gasteiger partial charge in [0.25, 0.3) is 0 Å². The molecule has 1 aromatic heterocycles. The molecule has 0 spiro atoms. The third-order valence-corrected chi connectivity index (χ3v) is 4.96. The Bertz CT molecular complexity index is 1210. The summed E-state index contributed by atoms with van der Waals surface area (Å²) in [5.74, 6) is -0.865. The van der Waals surface area contributed by atoms with E-state index in [0.717, 1.165) is 27.5 Å². The van der Waals surface area contributed by atoms with Gasteiger partial charge in [-0.15, -0.1) is 0 Å². The van der Waals surface area contributed by atoms with E-state index >= 15 is 0 Å². The van der Waals surface area contributed by atoms with Gasteiger partial charge >= 0.3 is 0 Å². The summed E-state index contributed by atoms with van der Waals surface area (Å²) in [6.45, 7) is 0. The Kier molecular flexibility index (Phi) is 3.47. The van der Waals surface area contributed by atoms with Gasteiger partial charge in [0.15, 0.2) is 0 Å². The maximum Gasteiger partial charge on any atom is 0.232 e. The molecule has 5 rings (SSSR count). The lowest BCUT2D eigenvalue weighted by molar-refractivity contribution is -0.123. The van der Waals surface area contributed by atoms with Gasteiger partial charge in [-0.1, -0.05) is 36.4 Å². The molecule has 132 valence electrons. The van der Waals surface area contributed by atoms with Crippen molar-refractivity contribution in [2.24, 2.45) is 0 Å². The zero-order valence-electron chi connectivity index (χ0n) is 14.4. The summed E-state index contributed by atoms with van der Waals surface area (Å²) < 4.78 is 5.88. The molecular weight excluding hydrogens is 340 g/mol. The number of amides is 2. The van der Waals surface area contributed by atoms with Gasteiger partial charge < -0.3 is 15.1 Å². The molecule has 0 fully saturated rings. The molecule has 3 aromatic carbocycles. The number of fused-ring (bicyclic) bond motifs is 4. The molecule has 0 bridgehead atoms. The van der Waals surface area contributed by atoms with Crippen LogP contribution in [0.5, 0.6) is 0 Å². The standard InChI is InChI=1S/C22H16N2O3/c25-21-12-17(14-5-1-3-7-18(14)24-21)22(26)23-13-9-10-16-15-6-2-4-8-19(15)27-20(16)11-13/h1-11,17H,12H2,(H,23,26)(H,24,25). The van der Waals surface area contributed by atoms with Crippen molar-refractivity contribution in [2.75, 3.05) is 10.6 Å². The Morgan fingerprint density at radius 3 is 2.67 bits per heavy atom. The second-order valence-electron chi connectivity index (χ2n) is 6.69. The maximum absolute atomic E-state index is 12.9. The first-order chi connectivity index (χ1) is 13.2. The number of carbonyl (C=O) groups excluding carboxylic acids is 2. The lowest BCUT2D eigenvalue weighted by atomic mass is 9.90. The zero-order chi connectivity index (χ0) is 18.4. The lowest BCUT2D eigenvalue weighted by Gasteiger charge is -2.24. The SMILES string of the molecule is O=C1CC(C(=O)Nc2ccc3c(c2)oc2ccccc23)c2ccccc2N1. The van der Waals surface area contributed by atoms with E-state index in [4.69, 9.17) is 4.42 Å². The topological polar surface area (TPSA) is 71.3 Å². The zero-order valence-corrected chi connectivity index (χ0v) is 14.4. The lowest BCUT2D eigenvalue weighted by Crippen LogP contribution is -2.30. The molecule has 0 saturated heterocycles. The van der Waals surface area contributed by atoms with Crippen LogP contribution < -0.4 is 10.6 Å². The van der Waals surface area contributed by atoms with Crippen LogP contribution in [0.4, 0.5) is 11.4 Å². The summed E-state index contributed by atoms with van der Waals surface area (Å²) in [7, 11) is 0. The molecule has 1 atom stereocenters. The monoisotopic (exact) mass is 356 g/mol. The fourth-order valence-corrected chi connectivity index (χ4v) is 3.68. The summed E-state index contributed by atoms with van der Waals surface area (Å²) in [5.41, 5.74) is 3.71. The van der Waals surface area contributed by atoms with E-state index in [1.807, 2.05) is 66.7 Å². The van der Waals surface area contributed by atoms with Gasteiger partial charge in [0.2, 0.25) is 11.8 Å². The number of furan rings is 1. The van der Waals surface area contributed by atoms with Crippen molar-refractivity contribution in [3.63, 3.8) is 0 Å². The summed E-state index contributed by atoms with van der Waals surface area (Å²) >= 11 is 0. The molecular formula is C22H16N2O3. The Morgan fingerprint density at radius 1 is 0.963 bits per heavy atom. The number of rotatable bonds is 2. The van der Waals surface area contributed by atoms with E-state index in [1.54, 1.807) is 0 Å². The van der Waals surface area contributed by atoms with Crippen molar-refractivity contribution < 1.29 is 14.0 Å². The first-order valence-electron chi connectivity index (χ1n) is 8.80. The van der Waals surface area contributed by atoms with Crippen molar-refractivity contribution in [3.8, 4) is 0 Å². The van der Waals surface area contributed by atoms with E-state index in [1.165, 1.54) is 0 Å². The maximum atomic E-state index is 12.9. The van der Waals surface area contributed by atoms with E-state index in [9.17, 15) is 9.59 Å². The van der Waals surface area contributed by atoms with Crippen molar-refractivity contribution in [2.45, 2.75) is 12.3 Å². The smallest absolute Gasteiger partial charge is 0.232 e. The number of anilines is 2. The molecule has 2 N–H and O–H groups in total. The fourth-order valence-electron chi connectivity index (χ4n) is 3.68. The Balaban J connectivity index is 1.47. The molecule has 5 heteroatoms. The highest BCUT2D eigenvalue weighted by molar-refractivity contribution is 6.08. The minimum Gasteiger partial charge on any atom is -0.456 e. The van der Waals surface area contributed by atoms with Crippen LogP contribution in [0.1, 0.15) is 17.9 Å². The average molecular weight is 356 g/mol. The normalized spacial score (nSPS) is 16.1. The quantitative estimate of drug-likeness (QED) is 0.549. The Labute approximate surface area is 155 Å². The number of benzene rings is 3. The molecule has 1 unspecified atom stereocenters. The van der Waals surface area contributed by atoms with Gasteiger partial charge in [0.05, 0.1) is 5.92 Å².